The molecule has 1 aliphatic carbocycles. The summed E-state index contributed by atoms with van der Waals surface area (Å²) in [5.74, 6) is 1.81. The summed E-state index contributed by atoms with van der Waals surface area (Å²) in [4.78, 5) is 21.2. The molecule has 4 rings (SSSR count). The summed E-state index contributed by atoms with van der Waals surface area (Å²) in [5, 5.41) is 2.99. The first-order valence-corrected chi connectivity index (χ1v) is 9.14. The molecule has 2 heterocycles. The van der Waals surface area contributed by atoms with Gasteiger partial charge >= 0.3 is 0 Å². The van der Waals surface area contributed by atoms with Crippen LogP contribution in [0.4, 0.5) is 11.5 Å². The van der Waals surface area contributed by atoms with Gasteiger partial charge in [0.1, 0.15) is 11.6 Å². The van der Waals surface area contributed by atoms with Crippen molar-refractivity contribution in [3.05, 3.63) is 48.2 Å². The van der Waals surface area contributed by atoms with E-state index in [9.17, 15) is 4.79 Å². The number of benzene rings is 1. The molecule has 136 valence electrons. The van der Waals surface area contributed by atoms with Gasteiger partial charge in [0.05, 0.1) is 18.4 Å². The highest BCUT2D eigenvalue weighted by molar-refractivity contribution is 5.94. The highest BCUT2D eigenvalue weighted by Gasteiger charge is 2.24. The molecule has 1 N–H and O–H groups in total. The van der Waals surface area contributed by atoms with Gasteiger partial charge in [-0.2, -0.15) is 0 Å². The van der Waals surface area contributed by atoms with Crippen molar-refractivity contribution in [3.8, 4) is 5.75 Å². The number of rotatable bonds is 5. The lowest BCUT2D eigenvalue weighted by molar-refractivity contribution is 0.0950. The molecule has 0 bridgehead atoms. The third kappa shape index (κ3) is 3.59. The Morgan fingerprint density at radius 2 is 1.81 bits per heavy atom. The summed E-state index contributed by atoms with van der Waals surface area (Å²) in [6, 6.07) is 12.3. The van der Waals surface area contributed by atoms with Crippen LogP contribution in [-0.2, 0) is 0 Å². The van der Waals surface area contributed by atoms with Crippen molar-refractivity contribution in [1.82, 2.24) is 10.3 Å². The lowest BCUT2D eigenvalue weighted by Gasteiger charge is -2.37. The van der Waals surface area contributed by atoms with Gasteiger partial charge < -0.3 is 19.9 Å². The second kappa shape index (κ2) is 7.23. The molecular formula is C20H24N4O2. The Hall–Kier alpha value is -2.76. The van der Waals surface area contributed by atoms with Gasteiger partial charge in [0.2, 0.25) is 0 Å². The Labute approximate surface area is 153 Å². The molecule has 26 heavy (non-hydrogen) atoms. The largest absolute Gasteiger partial charge is 0.495 e. The predicted molar refractivity (Wildman–Crippen MR) is 102 cm³/mol. The number of methoxy groups -OCH3 is 1. The first-order valence-electron chi connectivity index (χ1n) is 9.14. The van der Waals surface area contributed by atoms with Gasteiger partial charge in [-0.05, 0) is 37.1 Å². The van der Waals surface area contributed by atoms with Crippen molar-refractivity contribution in [2.45, 2.75) is 18.9 Å². The highest BCUT2D eigenvalue weighted by atomic mass is 16.5. The average Bonchev–Trinajstić information content (AvgIpc) is 3.52. The Morgan fingerprint density at radius 1 is 1.08 bits per heavy atom. The van der Waals surface area contributed by atoms with Crippen LogP contribution in [0.5, 0.6) is 5.75 Å². The number of hydrogen-bond donors (Lipinski definition) is 1. The van der Waals surface area contributed by atoms with Crippen LogP contribution in [0.25, 0.3) is 0 Å². The lowest BCUT2D eigenvalue weighted by Crippen LogP contribution is -2.47. The number of hydrogen-bond acceptors (Lipinski definition) is 5. The Bertz CT molecular complexity index is 766. The third-order valence-electron chi connectivity index (χ3n) is 4.95. The van der Waals surface area contributed by atoms with Crippen molar-refractivity contribution < 1.29 is 9.53 Å². The number of carbonyl (C=O) groups excluding carboxylic acids is 1. The number of ether oxygens (including phenoxy) is 1. The van der Waals surface area contributed by atoms with Crippen LogP contribution in [0.1, 0.15) is 23.2 Å². The van der Waals surface area contributed by atoms with E-state index in [1.54, 1.807) is 13.3 Å². The second-order valence-electron chi connectivity index (χ2n) is 6.80. The molecule has 2 aliphatic rings. The fourth-order valence-corrected chi connectivity index (χ4v) is 3.27. The summed E-state index contributed by atoms with van der Waals surface area (Å²) in [6.45, 7) is 3.59. The molecule has 2 fully saturated rings. The van der Waals surface area contributed by atoms with Crippen LogP contribution >= 0.6 is 0 Å². The summed E-state index contributed by atoms with van der Waals surface area (Å²) in [6.07, 6.45) is 3.86. The van der Waals surface area contributed by atoms with E-state index in [0.29, 0.717) is 11.6 Å². The van der Waals surface area contributed by atoms with Crippen molar-refractivity contribution in [2.75, 3.05) is 43.1 Å². The number of para-hydroxylation sites is 2. The predicted octanol–water partition coefficient (Wildman–Crippen LogP) is 2.31. The molecule has 1 amide bonds. The van der Waals surface area contributed by atoms with Gasteiger partial charge in [-0.25, -0.2) is 4.98 Å². The standard InChI is InChI=1S/C20H24N4O2/c1-26-18-5-3-2-4-17(18)23-10-12-24(13-11-23)19-9-6-15(14-21-19)20(25)22-16-7-8-16/h2-6,9,14,16H,7-8,10-13H2,1H3,(H,22,25). The lowest BCUT2D eigenvalue weighted by atomic mass is 10.2. The third-order valence-corrected chi connectivity index (χ3v) is 4.95. The van der Waals surface area contributed by atoms with Crippen molar-refractivity contribution in [1.29, 1.82) is 0 Å². The maximum absolute atomic E-state index is 12.1. The number of aromatic nitrogens is 1. The summed E-state index contributed by atoms with van der Waals surface area (Å²) in [7, 11) is 1.71. The average molecular weight is 352 g/mol. The Kier molecular flexibility index (Phi) is 4.65. The minimum absolute atomic E-state index is 0.0208. The molecule has 0 spiro atoms. The van der Waals surface area contributed by atoms with Gasteiger partial charge in [-0.3, -0.25) is 4.79 Å². The molecule has 6 heteroatoms. The number of nitrogens with zero attached hydrogens (tertiary/aromatic N) is 3. The second-order valence-corrected chi connectivity index (χ2v) is 6.80. The maximum Gasteiger partial charge on any atom is 0.253 e. The zero-order valence-electron chi connectivity index (χ0n) is 15.0. The van der Waals surface area contributed by atoms with Gasteiger partial charge in [-0.1, -0.05) is 12.1 Å². The van der Waals surface area contributed by atoms with Gasteiger partial charge in [0.25, 0.3) is 5.91 Å². The van der Waals surface area contributed by atoms with Crippen LogP contribution in [0.15, 0.2) is 42.6 Å². The maximum atomic E-state index is 12.1. The van der Waals surface area contributed by atoms with E-state index in [1.807, 2.05) is 30.3 Å². The summed E-state index contributed by atoms with van der Waals surface area (Å²) < 4.78 is 5.47. The van der Waals surface area contributed by atoms with Crippen LogP contribution < -0.4 is 19.9 Å². The number of piperazine rings is 1. The van der Waals surface area contributed by atoms with E-state index < -0.39 is 0 Å². The van der Waals surface area contributed by atoms with Crippen molar-refractivity contribution in [3.63, 3.8) is 0 Å². The number of anilines is 2. The first kappa shape index (κ1) is 16.7. The van der Waals surface area contributed by atoms with E-state index >= 15 is 0 Å². The SMILES string of the molecule is COc1ccccc1N1CCN(c2ccc(C(=O)NC3CC3)cn2)CC1. The first-order chi connectivity index (χ1) is 12.7. The zero-order chi connectivity index (χ0) is 17.9. The number of pyridine rings is 1. The minimum atomic E-state index is -0.0208. The number of nitrogens with one attached hydrogen (secondary N) is 1. The van der Waals surface area contributed by atoms with Crippen LogP contribution in [-0.4, -0.2) is 50.2 Å². The molecule has 0 atom stereocenters. The van der Waals surface area contributed by atoms with Crippen molar-refractivity contribution in [2.24, 2.45) is 0 Å². The minimum Gasteiger partial charge on any atom is -0.495 e. The molecule has 2 aromatic rings. The molecule has 1 aliphatic heterocycles. The number of amides is 1. The fraction of sp³-hybridized carbons (Fsp3) is 0.400. The smallest absolute Gasteiger partial charge is 0.253 e. The van der Waals surface area contributed by atoms with E-state index in [2.05, 4.69) is 26.2 Å². The van der Waals surface area contributed by atoms with E-state index in [4.69, 9.17) is 4.74 Å². The van der Waals surface area contributed by atoms with Gasteiger partial charge in [0, 0.05) is 38.4 Å². The van der Waals surface area contributed by atoms with E-state index in [1.165, 1.54) is 0 Å². The van der Waals surface area contributed by atoms with E-state index in [-0.39, 0.29) is 5.91 Å². The molecule has 1 saturated carbocycles. The summed E-state index contributed by atoms with van der Waals surface area (Å²) in [5.41, 5.74) is 1.77. The number of carbonyl (C=O) groups is 1. The normalized spacial score (nSPS) is 17.1. The summed E-state index contributed by atoms with van der Waals surface area (Å²) >= 11 is 0. The fourth-order valence-electron chi connectivity index (χ4n) is 3.27. The van der Waals surface area contributed by atoms with Crippen LogP contribution in [0.2, 0.25) is 0 Å². The Balaban J connectivity index is 1.37. The molecule has 0 radical (unpaired) electrons. The quantitative estimate of drug-likeness (QED) is 0.895. The molecule has 0 unspecified atom stereocenters. The van der Waals surface area contributed by atoms with Gasteiger partial charge in [0.15, 0.2) is 0 Å². The molecule has 1 saturated heterocycles. The van der Waals surface area contributed by atoms with Gasteiger partial charge in [-0.15, -0.1) is 0 Å². The van der Waals surface area contributed by atoms with Crippen LogP contribution in [0, 0.1) is 0 Å². The zero-order valence-corrected chi connectivity index (χ0v) is 15.0. The highest BCUT2D eigenvalue weighted by Crippen LogP contribution is 2.29. The van der Waals surface area contributed by atoms with Crippen LogP contribution in [0.3, 0.4) is 0 Å². The van der Waals surface area contributed by atoms with Crippen molar-refractivity contribution >= 4 is 17.4 Å². The molecular weight excluding hydrogens is 328 g/mol. The Morgan fingerprint density at radius 3 is 2.46 bits per heavy atom. The molecule has 6 nitrogen and oxygen atoms in total. The molecule has 1 aromatic heterocycles. The molecule has 1 aromatic carbocycles. The monoisotopic (exact) mass is 352 g/mol. The topological polar surface area (TPSA) is 57.7 Å². The van der Waals surface area contributed by atoms with E-state index in [0.717, 1.165) is 56.3 Å².